The lowest BCUT2D eigenvalue weighted by molar-refractivity contribution is -0.125. The number of Topliss-reactive ketones (excluding diaryl/α,β-unsaturated/α-hetero) is 1. The Bertz CT molecular complexity index is 653. The van der Waals surface area contributed by atoms with Crippen molar-refractivity contribution in [3.63, 3.8) is 0 Å². The third-order valence-corrected chi connectivity index (χ3v) is 5.86. The zero-order valence-corrected chi connectivity index (χ0v) is 12.3. The van der Waals surface area contributed by atoms with Gasteiger partial charge < -0.3 is 4.74 Å². The third kappa shape index (κ3) is 1.77. The van der Waals surface area contributed by atoms with Gasteiger partial charge >= 0.3 is 0 Å². The van der Waals surface area contributed by atoms with Crippen LogP contribution in [0.4, 0.5) is 0 Å². The van der Waals surface area contributed by atoms with E-state index >= 15 is 0 Å². The molecule has 4 saturated carbocycles. The van der Waals surface area contributed by atoms with E-state index in [1.165, 1.54) is 6.42 Å². The van der Waals surface area contributed by atoms with Crippen LogP contribution >= 0.6 is 0 Å². The van der Waals surface area contributed by atoms with Crippen LogP contribution in [-0.2, 0) is 4.79 Å². The number of carbonyl (C=O) groups is 1. The molecule has 0 amide bonds. The molecule has 4 aliphatic carbocycles. The van der Waals surface area contributed by atoms with Gasteiger partial charge in [0.25, 0.3) is 5.43 Å². The first-order valence-electron chi connectivity index (χ1n) is 8.09. The van der Waals surface area contributed by atoms with E-state index in [0.717, 1.165) is 25.7 Å². The molecule has 4 fully saturated rings. The molecular formula is C17H20O4. The van der Waals surface area contributed by atoms with Crippen molar-refractivity contribution < 1.29 is 9.53 Å². The zero-order valence-electron chi connectivity index (χ0n) is 12.3. The highest BCUT2D eigenvalue weighted by atomic mass is 16.5. The number of carbonyl (C=O) groups excluding carboxylic acids is 1. The van der Waals surface area contributed by atoms with E-state index in [1.807, 2.05) is 0 Å². The van der Waals surface area contributed by atoms with E-state index < -0.39 is 10.9 Å². The van der Waals surface area contributed by atoms with E-state index in [2.05, 4.69) is 0 Å². The first-order valence-corrected chi connectivity index (χ1v) is 8.09. The summed E-state index contributed by atoms with van der Waals surface area (Å²) in [5.41, 5.74) is -0.605. The quantitative estimate of drug-likeness (QED) is 0.796. The molecule has 5 rings (SSSR count). The highest BCUT2D eigenvalue weighted by Gasteiger charge is 2.51. The van der Waals surface area contributed by atoms with Crippen LogP contribution in [0.25, 0.3) is 0 Å². The van der Waals surface area contributed by atoms with Crippen molar-refractivity contribution in [2.75, 3.05) is 6.61 Å². The molecule has 0 radical (unpaired) electrons. The van der Waals surface area contributed by atoms with Crippen LogP contribution in [-0.4, -0.2) is 12.4 Å². The molecular weight excluding hydrogens is 268 g/mol. The average molecular weight is 288 g/mol. The summed E-state index contributed by atoms with van der Waals surface area (Å²) < 4.78 is 5.36. The molecule has 3 atom stereocenters. The average Bonchev–Trinajstić information content (AvgIpc) is 2.61. The number of hydrogen-bond donors (Lipinski definition) is 0. The van der Waals surface area contributed by atoms with E-state index in [0.29, 0.717) is 24.0 Å². The Morgan fingerprint density at radius 2 is 1.62 bits per heavy atom. The minimum atomic E-state index is -0.538. The molecule has 4 nitrogen and oxygen atoms in total. The predicted octanol–water partition coefficient (Wildman–Crippen LogP) is 1.79. The molecule has 0 heterocycles. The topological polar surface area (TPSA) is 60.4 Å². The summed E-state index contributed by atoms with van der Waals surface area (Å²) in [6.07, 6.45) is 5.29. The van der Waals surface area contributed by atoms with Crippen LogP contribution in [0.3, 0.4) is 0 Å². The lowest BCUT2D eigenvalue weighted by atomic mass is 9.66. The molecule has 21 heavy (non-hydrogen) atoms. The number of ether oxygens (including phenoxy) is 1. The Balaban J connectivity index is 1.78. The maximum Gasteiger partial charge on any atom is 0.268 e. The van der Waals surface area contributed by atoms with Gasteiger partial charge in [-0.15, -0.1) is 0 Å². The fourth-order valence-corrected chi connectivity index (χ4v) is 5.23. The van der Waals surface area contributed by atoms with Gasteiger partial charge in [-0.25, -0.2) is 0 Å². The molecule has 112 valence electrons. The fourth-order valence-electron chi connectivity index (χ4n) is 5.23. The molecule has 0 spiro atoms. The Hall–Kier alpha value is -1.45. The highest BCUT2D eigenvalue weighted by Crippen LogP contribution is 2.54. The number of ketones is 1. The largest absolute Gasteiger partial charge is 0.489 e. The van der Waals surface area contributed by atoms with Crippen molar-refractivity contribution in [1.29, 1.82) is 0 Å². The lowest BCUT2D eigenvalue weighted by Crippen LogP contribution is -2.42. The van der Waals surface area contributed by atoms with E-state index in [1.54, 1.807) is 6.92 Å². The van der Waals surface area contributed by atoms with Crippen molar-refractivity contribution in [3.05, 3.63) is 26.0 Å². The van der Waals surface area contributed by atoms with Crippen molar-refractivity contribution >= 4 is 5.78 Å². The van der Waals surface area contributed by atoms with Crippen LogP contribution in [0, 0.1) is 23.7 Å². The smallest absolute Gasteiger partial charge is 0.268 e. The molecule has 0 saturated heterocycles. The Kier molecular flexibility index (Phi) is 2.85. The van der Waals surface area contributed by atoms with Gasteiger partial charge in [-0.2, -0.15) is 0 Å². The highest BCUT2D eigenvalue weighted by molar-refractivity contribution is 5.90. The van der Waals surface area contributed by atoms with Gasteiger partial charge in [0.1, 0.15) is 5.78 Å². The minimum absolute atomic E-state index is 0.102. The fraction of sp³-hybridized carbons (Fsp3) is 0.706. The molecule has 0 N–H and O–H groups in total. The summed E-state index contributed by atoms with van der Waals surface area (Å²) in [7, 11) is 0. The second kappa shape index (κ2) is 4.52. The van der Waals surface area contributed by atoms with E-state index in [9.17, 15) is 14.4 Å². The van der Waals surface area contributed by atoms with Crippen LogP contribution < -0.4 is 15.6 Å². The van der Waals surface area contributed by atoms with Gasteiger partial charge in [-0.3, -0.25) is 14.4 Å². The van der Waals surface area contributed by atoms with Crippen LogP contribution in [0.2, 0.25) is 0 Å². The van der Waals surface area contributed by atoms with Crippen LogP contribution in [0.5, 0.6) is 5.75 Å². The molecule has 4 bridgehead atoms. The summed E-state index contributed by atoms with van der Waals surface area (Å²) in [4.78, 5) is 36.6. The number of fused-ring (bicyclic) bond motifs is 1. The first-order chi connectivity index (χ1) is 10.1. The molecule has 0 aromatic heterocycles. The monoisotopic (exact) mass is 288 g/mol. The van der Waals surface area contributed by atoms with Crippen molar-refractivity contribution in [2.24, 2.45) is 23.7 Å². The Labute approximate surface area is 123 Å². The summed E-state index contributed by atoms with van der Waals surface area (Å²) in [5, 5.41) is 0. The van der Waals surface area contributed by atoms with E-state index in [4.69, 9.17) is 4.74 Å². The normalized spacial score (nSPS) is 38.0. The first kappa shape index (κ1) is 13.2. The maximum atomic E-state index is 12.9. The van der Waals surface area contributed by atoms with Gasteiger partial charge in [-0.05, 0) is 56.8 Å². The Morgan fingerprint density at radius 3 is 2.24 bits per heavy atom. The summed E-state index contributed by atoms with van der Waals surface area (Å²) in [5.74, 6) is 1.66. The second-order valence-corrected chi connectivity index (χ2v) is 7.08. The predicted molar refractivity (Wildman–Crippen MR) is 77.3 cm³/mol. The van der Waals surface area contributed by atoms with E-state index in [-0.39, 0.29) is 29.3 Å². The second-order valence-electron chi connectivity index (χ2n) is 7.08. The minimum Gasteiger partial charge on any atom is -0.489 e. The van der Waals surface area contributed by atoms with Gasteiger partial charge in [0, 0.05) is 5.92 Å². The standard InChI is InChI=1S/C17H20O4/c1-2-21-17-13(15(19)16(17)20)12-10-4-8-3-9(5-10)7-11(6-8)14(12)18/h8-12H,2-7H2,1H3. The Morgan fingerprint density at radius 1 is 0.952 bits per heavy atom. The third-order valence-electron chi connectivity index (χ3n) is 5.86. The van der Waals surface area contributed by atoms with Gasteiger partial charge in [0.2, 0.25) is 5.43 Å². The zero-order chi connectivity index (χ0) is 14.7. The molecule has 3 unspecified atom stereocenters. The van der Waals surface area contributed by atoms with Crippen molar-refractivity contribution in [1.82, 2.24) is 0 Å². The molecule has 4 heteroatoms. The summed E-state index contributed by atoms with van der Waals surface area (Å²) in [6.45, 7) is 2.15. The lowest BCUT2D eigenvalue weighted by Gasteiger charge is -2.38. The maximum absolute atomic E-state index is 12.9. The van der Waals surface area contributed by atoms with Crippen molar-refractivity contribution in [2.45, 2.75) is 44.9 Å². The summed E-state index contributed by atoms with van der Waals surface area (Å²) >= 11 is 0. The van der Waals surface area contributed by atoms with Gasteiger partial charge in [0.15, 0.2) is 5.75 Å². The number of hydrogen-bond acceptors (Lipinski definition) is 4. The van der Waals surface area contributed by atoms with Gasteiger partial charge in [-0.1, -0.05) is 0 Å². The SMILES string of the molecule is CCOc1c(C2C(=O)C3CC4CC(C3)CC2C4)c(=O)c1=O. The van der Waals surface area contributed by atoms with Crippen molar-refractivity contribution in [3.8, 4) is 5.75 Å². The molecule has 4 aliphatic rings. The molecule has 0 aliphatic heterocycles. The van der Waals surface area contributed by atoms with Crippen LogP contribution in [0.1, 0.15) is 50.5 Å². The molecule has 1 aromatic rings. The van der Waals surface area contributed by atoms with Gasteiger partial charge in [0.05, 0.1) is 18.1 Å². The van der Waals surface area contributed by atoms with Crippen LogP contribution in [0.15, 0.2) is 9.59 Å². The number of rotatable bonds is 3. The summed E-state index contributed by atoms with van der Waals surface area (Å²) in [6, 6.07) is 0. The molecule has 1 aromatic carbocycles.